The first-order valence-electron chi connectivity index (χ1n) is 8.05. The number of fused-ring (bicyclic) bond motifs is 1. The Morgan fingerprint density at radius 1 is 1.41 bits per heavy atom. The molecule has 5 nitrogen and oxygen atoms in total. The molecule has 1 fully saturated rings. The summed E-state index contributed by atoms with van der Waals surface area (Å²) in [5, 5.41) is 4.93. The van der Waals surface area contributed by atoms with Gasteiger partial charge < -0.3 is 16.0 Å². The Morgan fingerprint density at radius 2 is 2.18 bits per heavy atom. The Balaban J connectivity index is 1.84. The van der Waals surface area contributed by atoms with Gasteiger partial charge in [-0.15, -0.1) is 11.3 Å². The molecule has 1 aromatic rings. The maximum atomic E-state index is 12.9. The zero-order valence-electron chi connectivity index (χ0n) is 12.9. The number of rotatable bonds is 3. The summed E-state index contributed by atoms with van der Waals surface area (Å²) in [6, 6.07) is -0.545. The predicted molar refractivity (Wildman–Crippen MR) is 87.1 cm³/mol. The summed E-state index contributed by atoms with van der Waals surface area (Å²) in [6.07, 6.45) is 4.94. The van der Waals surface area contributed by atoms with Crippen molar-refractivity contribution in [1.82, 2.24) is 10.2 Å². The number of nitrogens with zero attached hydrogens (tertiary/aromatic N) is 1. The number of likely N-dealkylation sites (N-methyl/N-ethyl adjacent to an activating group) is 1. The van der Waals surface area contributed by atoms with E-state index < -0.39 is 6.04 Å². The van der Waals surface area contributed by atoms with Crippen LogP contribution in [0.4, 0.5) is 0 Å². The monoisotopic (exact) mass is 321 g/mol. The molecule has 0 aromatic carbocycles. The lowest BCUT2D eigenvalue weighted by molar-refractivity contribution is -0.124. The Kier molecular flexibility index (Phi) is 4.49. The fourth-order valence-electron chi connectivity index (χ4n) is 3.46. The lowest BCUT2D eigenvalue weighted by atomic mass is 9.93. The van der Waals surface area contributed by atoms with E-state index in [1.807, 2.05) is 6.92 Å². The van der Waals surface area contributed by atoms with Gasteiger partial charge in [0.2, 0.25) is 5.91 Å². The molecule has 120 valence electrons. The number of hydrogen-bond acceptors (Lipinski definition) is 4. The quantitative estimate of drug-likeness (QED) is 0.881. The van der Waals surface area contributed by atoms with Crippen LogP contribution in [-0.4, -0.2) is 41.9 Å². The van der Waals surface area contributed by atoms with Gasteiger partial charge in [0.05, 0.1) is 4.88 Å². The van der Waals surface area contributed by atoms with Crippen molar-refractivity contribution in [3.05, 3.63) is 21.4 Å². The highest BCUT2D eigenvalue weighted by Gasteiger charge is 2.39. The molecule has 2 atom stereocenters. The first-order valence-corrected chi connectivity index (χ1v) is 8.93. The Labute approximate surface area is 134 Å². The maximum Gasteiger partial charge on any atom is 0.264 e. The summed E-state index contributed by atoms with van der Waals surface area (Å²) < 4.78 is 0. The van der Waals surface area contributed by atoms with E-state index in [4.69, 9.17) is 5.73 Å². The topological polar surface area (TPSA) is 75.4 Å². The number of hydrogen-bond donors (Lipinski definition) is 2. The van der Waals surface area contributed by atoms with Crippen molar-refractivity contribution in [3.8, 4) is 0 Å². The van der Waals surface area contributed by atoms with Crippen LogP contribution in [-0.2, 0) is 17.6 Å². The highest BCUT2D eigenvalue weighted by molar-refractivity contribution is 7.12. The first-order chi connectivity index (χ1) is 10.6. The fourth-order valence-corrected chi connectivity index (χ4v) is 4.58. The highest BCUT2D eigenvalue weighted by Crippen LogP contribution is 2.32. The summed E-state index contributed by atoms with van der Waals surface area (Å²) in [5.74, 6) is -0.105. The second kappa shape index (κ2) is 6.38. The summed E-state index contributed by atoms with van der Waals surface area (Å²) in [6.45, 7) is 2.92. The number of thiophene rings is 1. The van der Waals surface area contributed by atoms with Crippen LogP contribution in [0.15, 0.2) is 5.38 Å². The SMILES string of the molecule is CCNC(=O)[C@@H]1C[C@@H](N)CN1C(=O)c1scc2c1CCCC2. The smallest absolute Gasteiger partial charge is 0.264 e. The van der Waals surface area contributed by atoms with Crippen molar-refractivity contribution >= 4 is 23.2 Å². The molecular weight excluding hydrogens is 298 g/mol. The van der Waals surface area contributed by atoms with Crippen LogP contribution < -0.4 is 11.1 Å². The molecule has 2 heterocycles. The first kappa shape index (κ1) is 15.5. The molecule has 1 aliphatic carbocycles. The van der Waals surface area contributed by atoms with E-state index in [1.165, 1.54) is 28.9 Å². The second-order valence-corrected chi connectivity index (χ2v) is 7.02. The number of aryl methyl sites for hydroxylation is 1. The van der Waals surface area contributed by atoms with Crippen molar-refractivity contribution in [1.29, 1.82) is 0 Å². The third-order valence-corrected chi connectivity index (χ3v) is 5.60. The maximum absolute atomic E-state index is 12.9. The second-order valence-electron chi connectivity index (χ2n) is 6.14. The lowest BCUT2D eigenvalue weighted by Crippen LogP contribution is -2.46. The summed E-state index contributed by atoms with van der Waals surface area (Å²) in [5.41, 5.74) is 8.53. The molecule has 1 aromatic heterocycles. The van der Waals surface area contributed by atoms with Gasteiger partial charge in [-0.1, -0.05) is 0 Å². The molecule has 2 aliphatic rings. The predicted octanol–water partition coefficient (Wildman–Crippen LogP) is 1.30. The Bertz CT molecular complexity index is 584. The molecule has 1 aliphatic heterocycles. The minimum Gasteiger partial charge on any atom is -0.355 e. The minimum absolute atomic E-state index is 0.0163. The van der Waals surface area contributed by atoms with Gasteiger partial charge in [0.1, 0.15) is 6.04 Å². The van der Waals surface area contributed by atoms with Crippen molar-refractivity contribution in [2.24, 2.45) is 5.73 Å². The van der Waals surface area contributed by atoms with E-state index >= 15 is 0 Å². The van der Waals surface area contributed by atoms with Crippen LogP contribution >= 0.6 is 11.3 Å². The molecule has 0 spiro atoms. The van der Waals surface area contributed by atoms with Gasteiger partial charge in [-0.25, -0.2) is 0 Å². The van der Waals surface area contributed by atoms with Crippen LogP contribution in [0.5, 0.6) is 0 Å². The van der Waals surface area contributed by atoms with Gasteiger partial charge in [0, 0.05) is 19.1 Å². The van der Waals surface area contributed by atoms with Gasteiger partial charge in [0.25, 0.3) is 5.91 Å². The van der Waals surface area contributed by atoms with Crippen molar-refractivity contribution in [2.75, 3.05) is 13.1 Å². The van der Waals surface area contributed by atoms with Crippen LogP contribution in [0.2, 0.25) is 0 Å². The summed E-state index contributed by atoms with van der Waals surface area (Å²) in [7, 11) is 0. The van der Waals surface area contributed by atoms with E-state index in [9.17, 15) is 9.59 Å². The molecule has 2 amide bonds. The van der Waals surface area contributed by atoms with Crippen LogP contribution in [0.25, 0.3) is 0 Å². The van der Waals surface area contributed by atoms with Crippen molar-refractivity contribution < 1.29 is 9.59 Å². The number of amides is 2. The van der Waals surface area contributed by atoms with Crippen molar-refractivity contribution in [2.45, 2.75) is 51.1 Å². The molecule has 0 saturated carbocycles. The summed E-state index contributed by atoms with van der Waals surface area (Å²) in [4.78, 5) is 27.6. The van der Waals surface area contributed by atoms with E-state index in [0.717, 1.165) is 24.1 Å². The fraction of sp³-hybridized carbons (Fsp3) is 0.625. The van der Waals surface area contributed by atoms with Crippen molar-refractivity contribution in [3.63, 3.8) is 0 Å². The average molecular weight is 321 g/mol. The normalized spacial score (nSPS) is 24.2. The molecule has 3 rings (SSSR count). The van der Waals surface area contributed by atoms with Crippen LogP contribution in [0.3, 0.4) is 0 Å². The summed E-state index contributed by atoms with van der Waals surface area (Å²) >= 11 is 1.52. The molecule has 3 N–H and O–H groups in total. The number of carbonyl (C=O) groups excluding carboxylic acids is 2. The largest absolute Gasteiger partial charge is 0.355 e. The molecule has 1 saturated heterocycles. The van der Waals surface area contributed by atoms with Crippen LogP contribution in [0, 0.1) is 0 Å². The zero-order chi connectivity index (χ0) is 15.7. The molecule has 22 heavy (non-hydrogen) atoms. The van der Waals surface area contributed by atoms with E-state index in [-0.39, 0.29) is 17.9 Å². The van der Waals surface area contributed by atoms with Gasteiger partial charge >= 0.3 is 0 Å². The highest BCUT2D eigenvalue weighted by atomic mass is 32.1. The molecule has 0 bridgehead atoms. The molecule has 0 unspecified atom stereocenters. The van der Waals surface area contributed by atoms with Gasteiger partial charge in [0.15, 0.2) is 0 Å². The molecular formula is C16H23N3O2S. The minimum atomic E-state index is -0.427. The van der Waals surface area contributed by atoms with Gasteiger partial charge in [-0.2, -0.15) is 0 Å². The lowest BCUT2D eigenvalue weighted by Gasteiger charge is -2.24. The van der Waals surface area contributed by atoms with Gasteiger partial charge in [-0.3, -0.25) is 9.59 Å². The Morgan fingerprint density at radius 3 is 2.95 bits per heavy atom. The van der Waals surface area contributed by atoms with E-state index in [0.29, 0.717) is 19.5 Å². The van der Waals surface area contributed by atoms with Crippen LogP contribution in [0.1, 0.15) is 47.0 Å². The number of carbonyl (C=O) groups is 2. The van der Waals surface area contributed by atoms with Gasteiger partial charge in [-0.05, 0) is 55.5 Å². The third-order valence-electron chi connectivity index (χ3n) is 4.55. The molecule has 0 radical (unpaired) electrons. The standard InChI is InChI=1S/C16H23N3O2S/c1-2-18-15(20)13-7-11(17)8-19(13)16(21)14-12-6-4-3-5-10(12)9-22-14/h9,11,13H,2-8,17H2,1H3,(H,18,20)/t11-,13+/m1/s1. The number of likely N-dealkylation sites (tertiary alicyclic amines) is 1. The zero-order valence-corrected chi connectivity index (χ0v) is 13.7. The third kappa shape index (κ3) is 2.77. The van der Waals surface area contributed by atoms with E-state index in [2.05, 4.69) is 10.7 Å². The average Bonchev–Trinajstić information content (AvgIpc) is 3.10. The molecule has 6 heteroatoms. The number of nitrogens with two attached hydrogens (primary N) is 1. The Hall–Kier alpha value is -1.40. The van der Waals surface area contributed by atoms with E-state index in [1.54, 1.807) is 4.90 Å². The number of nitrogens with one attached hydrogen (secondary N) is 1.